The summed E-state index contributed by atoms with van der Waals surface area (Å²) in [5.41, 5.74) is 9.23. The fraction of sp³-hybridized carbons (Fsp3) is 0.733. The number of aromatic nitrogens is 2. The maximum atomic E-state index is 5.80. The largest absolute Gasteiger partial charge is 0.330 e. The highest BCUT2D eigenvalue weighted by atomic mass is 15.4. The second-order valence-corrected chi connectivity index (χ2v) is 6.16. The van der Waals surface area contributed by atoms with Crippen molar-refractivity contribution in [1.82, 2.24) is 19.8 Å². The first-order chi connectivity index (χ1) is 9.60. The minimum atomic E-state index is 0.330. The molecular formula is C15H25N5. The number of aryl methyl sites for hydroxylation is 2. The van der Waals surface area contributed by atoms with E-state index in [9.17, 15) is 0 Å². The van der Waals surface area contributed by atoms with Crippen molar-refractivity contribution < 1.29 is 0 Å². The van der Waals surface area contributed by atoms with Crippen LogP contribution in [0.5, 0.6) is 0 Å². The zero-order valence-electron chi connectivity index (χ0n) is 12.8. The Kier molecular flexibility index (Phi) is 3.75. The van der Waals surface area contributed by atoms with E-state index >= 15 is 0 Å². The molecule has 0 radical (unpaired) electrons. The Morgan fingerprint density at radius 1 is 1.15 bits per heavy atom. The van der Waals surface area contributed by atoms with Gasteiger partial charge < -0.3 is 5.73 Å². The van der Waals surface area contributed by atoms with Crippen molar-refractivity contribution in [2.45, 2.75) is 32.7 Å². The predicted molar refractivity (Wildman–Crippen MR) is 79.7 cm³/mol. The van der Waals surface area contributed by atoms with Crippen LogP contribution in [0.4, 0.5) is 0 Å². The van der Waals surface area contributed by atoms with E-state index < -0.39 is 0 Å². The molecule has 2 unspecified atom stereocenters. The fourth-order valence-corrected chi connectivity index (χ4v) is 3.59. The highest BCUT2D eigenvalue weighted by Gasteiger charge is 2.34. The maximum Gasteiger partial charge on any atom is 0.147 e. The summed E-state index contributed by atoms with van der Waals surface area (Å²) in [6, 6.07) is 0.372. The molecule has 2 N–H and O–H groups in total. The lowest BCUT2D eigenvalue weighted by atomic mass is 9.97. The molecular weight excluding hydrogens is 250 g/mol. The lowest BCUT2D eigenvalue weighted by Gasteiger charge is -2.46. The van der Waals surface area contributed by atoms with Gasteiger partial charge in [0.05, 0.1) is 6.04 Å². The molecule has 0 amide bonds. The quantitative estimate of drug-likeness (QED) is 0.885. The smallest absolute Gasteiger partial charge is 0.147 e. The lowest BCUT2D eigenvalue weighted by Crippen LogP contribution is -2.57. The van der Waals surface area contributed by atoms with Gasteiger partial charge in [0, 0.05) is 44.1 Å². The Morgan fingerprint density at radius 3 is 2.20 bits per heavy atom. The number of nitrogens with two attached hydrogens (primary N) is 1. The molecule has 110 valence electrons. The van der Waals surface area contributed by atoms with Crippen molar-refractivity contribution in [3.63, 3.8) is 0 Å². The Labute approximate surface area is 121 Å². The zero-order valence-corrected chi connectivity index (χ0v) is 12.8. The zero-order chi connectivity index (χ0) is 14.3. The van der Waals surface area contributed by atoms with Crippen LogP contribution in [0.2, 0.25) is 0 Å². The minimum Gasteiger partial charge on any atom is -0.330 e. The SMILES string of the molecule is Cc1nc(C2CN3CCN2CC3)nc(C)c1C(C)CN. The molecule has 5 heteroatoms. The number of hydrogen-bond acceptors (Lipinski definition) is 5. The lowest BCUT2D eigenvalue weighted by molar-refractivity contribution is 0.00849. The Hall–Kier alpha value is -1.04. The molecule has 3 aliphatic rings. The molecule has 1 aromatic heterocycles. The third-order valence-electron chi connectivity index (χ3n) is 4.77. The third-order valence-corrected chi connectivity index (χ3v) is 4.77. The molecule has 2 atom stereocenters. The van der Waals surface area contributed by atoms with Gasteiger partial charge in [-0.2, -0.15) is 0 Å². The van der Waals surface area contributed by atoms with Crippen molar-refractivity contribution in [1.29, 1.82) is 0 Å². The van der Waals surface area contributed by atoms with Gasteiger partial charge in [-0.15, -0.1) is 0 Å². The van der Waals surface area contributed by atoms with Crippen molar-refractivity contribution >= 4 is 0 Å². The highest BCUT2D eigenvalue weighted by molar-refractivity contribution is 5.29. The average Bonchev–Trinajstić information content (AvgIpc) is 2.47. The molecule has 20 heavy (non-hydrogen) atoms. The van der Waals surface area contributed by atoms with Crippen LogP contribution in [0, 0.1) is 13.8 Å². The first-order valence-corrected chi connectivity index (χ1v) is 7.61. The van der Waals surface area contributed by atoms with Gasteiger partial charge >= 0.3 is 0 Å². The number of nitrogens with zero attached hydrogens (tertiary/aromatic N) is 4. The van der Waals surface area contributed by atoms with Crippen LogP contribution in [-0.4, -0.2) is 59.0 Å². The van der Waals surface area contributed by atoms with Crippen molar-refractivity contribution in [2.24, 2.45) is 5.73 Å². The van der Waals surface area contributed by atoms with Gasteiger partial charge in [-0.1, -0.05) is 6.92 Å². The van der Waals surface area contributed by atoms with Crippen LogP contribution in [0.3, 0.4) is 0 Å². The molecule has 3 aliphatic heterocycles. The van der Waals surface area contributed by atoms with Crippen molar-refractivity contribution in [3.8, 4) is 0 Å². The first-order valence-electron chi connectivity index (χ1n) is 7.61. The van der Waals surface area contributed by atoms with E-state index in [4.69, 9.17) is 15.7 Å². The van der Waals surface area contributed by atoms with Gasteiger partial charge in [0.2, 0.25) is 0 Å². The maximum absolute atomic E-state index is 5.80. The summed E-state index contributed by atoms with van der Waals surface area (Å²) in [6.07, 6.45) is 0. The second-order valence-electron chi connectivity index (χ2n) is 6.16. The van der Waals surface area contributed by atoms with E-state index in [1.54, 1.807) is 0 Å². The Morgan fingerprint density at radius 2 is 1.75 bits per heavy atom. The van der Waals surface area contributed by atoms with E-state index in [1.165, 1.54) is 18.7 Å². The summed E-state index contributed by atoms with van der Waals surface area (Å²) in [6.45, 7) is 12.7. The van der Waals surface area contributed by atoms with E-state index in [1.807, 2.05) is 0 Å². The minimum absolute atomic E-state index is 0.330. The van der Waals surface area contributed by atoms with E-state index in [2.05, 4.69) is 30.6 Å². The normalized spacial score (nSPS) is 30.5. The predicted octanol–water partition coefficient (Wildman–Crippen LogP) is 0.828. The topological polar surface area (TPSA) is 58.3 Å². The molecule has 0 saturated carbocycles. The average molecular weight is 275 g/mol. The van der Waals surface area contributed by atoms with Gasteiger partial charge in [0.1, 0.15) is 5.82 Å². The van der Waals surface area contributed by atoms with Crippen LogP contribution in [-0.2, 0) is 0 Å². The first kappa shape index (κ1) is 13.9. The number of piperazine rings is 3. The van der Waals surface area contributed by atoms with Crippen molar-refractivity contribution in [2.75, 3.05) is 39.3 Å². The number of fused-ring (bicyclic) bond motifs is 3. The van der Waals surface area contributed by atoms with Crippen LogP contribution < -0.4 is 5.73 Å². The van der Waals surface area contributed by atoms with E-state index in [0.29, 0.717) is 18.5 Å². The highest BCUT2D eigenvalue weighted by Crippen LogP contribution is 2.29. The molecule has 0 spiro atoms. The van der Waals surface area contributed by atoms with Crippen LogP contribution >= 0.6 is 0 Å². The van der Waals surface area contributed by atoms with Gasteiger partial charge in [-0.25, -0.2) is 9.97 Å². The van der Waals surface area contributed by atoms with Crippen molar-refractivity contribution in [3.05, 3.63) is 22.8 Å². The summed E-state index contributed by atoms with van der Waals surface area (Å²) in [7, 11) is 0. The molecule has 3 fully saturated rings. The van der Waals surface area contributed by atoms with E-state index in [-0.39, 0.29) is 0 Å². The van der Waals surface area contributed by atoms with Gasteiger partial charge in [-0.3, -0.25) is 9.80 Å². The molecule has 1 aromatic rings. The Balaban J connectivity index is 1.92. The number of hydrogen-bond donors (Lipinski definition) is 1. The summed E-state index contributed by atoms with van der Waals surface area (Å²) in [5, 5.41) is 0. The standard InChI is InChI=1S/C15H25N5/c1-10(8-16)14-11(2)17-15(18-12(14)3)13-9-19-4-6-20(13)7-5-19/h10,13H,4-9,16H2,1-3H3. The van der Waals surface area contributed by atoms with Gasteiger partial charge in [-0.05, 0) is 31.9 Å². The molecule has 0 aliphatic carbocycles. The fourth-order valence-electron chi connectivity index (χ4n) is 3.59. The molecule has 5 nitrogen and oxygen atoms in total. The summed E-state index contributed by atoms with van der Waals surface area (Å²) >= 11 is 0. The molecule has 4 heterocycles. The Bertz CT molecular complexity index is 470. The van der Waals surface area contributed by atoms with Crippen LogP contribution in [0.15, 0.2) is 0 Å². The monoisotopic (exact) mass is 275 g/mol. The molecule has 0 aromatic carbocycles. The molecule has 3 saturated heterocycles. The summed E-state index contributed by atoms with van der Waals surface area (Å²) in [4.78, 5) is 14.7. The third kappa shape index (κ3) is 2.34. The second kappa shape index (κ2) is 5.39. The summed E-state index contributed by atoms with van der Waals surface area (Å²) in [5.74, 6) is 1.33. The number of rotatable bonds is 3. The van der Waals surface area contributed by atoms with Gasteiger partial charge in [0.15, 0.2) is 0 Å². The molecule has 4 rings (SSSR count). The summed E-state index contributed by atoms with van der Waals surface area (Å²) < 4.78 is 0. The van der Waals surface area contributed by atoms with E-state index in [0.717, 1.165) is 36.8 Å². The van der Waals surface area contributed by atoms with Crippen LogP contribution in [0.25, 0.3) is 0 Å². The molecule has 2 bridgehead atoms. The van der Waals surface area contributed by atoms with Gasteiger partial charge in [0.25, 0.3) is 0 Å². The van der Waals surface area contributed by atoms with Crippen LogP contribution in [0.1, 0.15) is 41.7 Å².